The zero-order valence-electron chi connectivity index (χ0n) is 32.7. The maximum atomic E-state index is 12.3. The fourth-order valence-electron chi connectivity index (χ4n) is 6.15. The molecule has 0 fully saturated rings. The van der Waals surface area contributed by atoms with Crippen molar-refractivity contribution in [2.24, 2.45) is 0 Å². The Hall–Kier alpha value is -1.13. The van der Waals surface area contributed by atoms with Crippen LogP contribution in [0, 0.1) is 0 Å². The number of hydrogen-bond donors (Lipinski definition) is 0. The van der Waals surface area contributed by atoms with Crippen LogP contribution in [0.4, 0.5) is 0 Å². The second-order valence-electron chi connectivity index (χ2n) is 15.2. The summed E-state index contributed by atoms with van der Waals surface area (Å²) in [5.74, 6) is -0.0397. The molecule has 0 amide bonds. The fraction of sp³-hybridized carbons (Fsp3) is 0.884. The highest BCUT2D eigenvalue weighted by molar-refractivity contribution is 5.69. The first kappa shape index (κ1) is 45.9. The second-order valence-corrected chi connectivity index (χ2v) is 15.2. The maximum Gasteiger partial charge on any atom is 0.305 e. The molecule has 0 radical (unpaired) electrons. The van der Waals surface area contributed by atoms with Gasteiger partial charge in [-0.25, -0.2) is 0 Å². The minimum Gasteiger partial charge on any atom is -0.466 e. The number of quaternary nitrogens is 1. The first-order valence-electron chi connectivity index (χ1n) is 20.8. The number of esters is 1. The SMILES string of the molecule is CCCCCCC/C=C\CCCCCCCCC(=O)OCCC(C[N+](C)(C)C)OCCCCCCCC/C=C\CCCCCCCC. The monoisotopic (exact) mass is 663 g/mol. The van der Waals surface area contributed by atoms with Gasteiger partial charge in [-0.05, 0) is 64.2 Å². The lowest BCUT2D eigenvalue weighted by Crippen LogP contribution is -2.43. The van der Waals surface area contributed by atoms with Gasteiger partial charge in [0.15, 0.2) is 0 Å². The molecule has 0 saturated heterocycles. The lowest BCUT2D eigenvalue weighted by molar-refractivity contribution is -0.873. The van der Waals surface area contributed by atoms with E-state index in [1.54, 1.807) is 0 Å². The molecule has 0 aliphatic carbocycles. The Labute approximate surface area is 295 Å². The Balaban J connectivity index is 3.73. The van der Waals surface area contributed by atoms with Crippen LogP contribution in [0.15, 0.2) is 24.3 Å². The van der Waals surface area contributed by atoms with Crippen molar-refractivity contribution in [2.75, 3.05) is 40.9 Å². The van der Waals surface area contributed by atoms with Gasteiger partial charge in [0.25, 0.3) is 0 Å². The molecule has 0 spiro atoms. The molecule has 0 heterocycles. The summed E-state index contributed by atoms with van der Waals surface area (Å²) in [5.41, 5.74) is 0. The van der Waals surface area contributed by atoms with E-state index in [4.69, 9.17) is 9.47 Å². The van der Waals surface area contributed by atoms with E-state index < -0.39 is 0 Å². The van der Waals surface area contributed by atoms with E-state index >= 15 is 0 Å². The smallest absolute Gasteiger partial charge is 0.305 e. The normalized spacial score (nSPS) is 12.9. The maximum absolute atomic E-state index is 12.3. The van der Waals surface area contributed by atoms with Gasteiger partial charge in [-0.3, -0.25) is 4.79 Å². The second kappa shape index (κ2) is 36.2. The Morgan fingerprint density at radius 3 is 1.32 bits per heavy atom. The van der Waals surface area contributed by atoms with Gasteiger partial charge in [-0.2, -0.15) is 0 Å². The number of allylic oxidation sites excluding steroid dienone is 4. The van der Waals surface area contributed by atoms with E-state index in [0.717, 1.165) is 43.3 Å². The number of ether oxygens (including phenoxy) is 2. The Morgan fingerprint density at radius 2 is 0.894 bits per heavy atom. The summed E-state index contributed by atoms with van der Waals surface area (Å²) in [5, 5.41) is 0. The van der Waals surface area contributed by atoms with Crippen molar-refractivity contribution in [1.29, 1.82) is 0 Å². The zero-order valence-corrected chi connectivity index (χ0v) is 32.7. The quantitative estimate of drug-likeness (QED) is 0.0287. The van der Waals surface area contributed by atoms with E-state index in [2.05, 4.69) is 59.3 Å². The molecule has 4 heteroatoms. The number of carbonyl (C=O) groups is 1. The van der Waals surface area contributed by atoms with Crippen LogP contribution >= 0.6 is 0 Å². The predicted molar refractivity (Wildman–Crippen MR) is 207 cm³/mol. The summed E-state index contributed by atoms with van der Waals surface area (Å²) in [6.07, 6.45) is 46.1. The third-order valence-electron chi connectivity index (χ3n) is 9.11. The predicted octanol–water partition coefficient (Wildman–Crippen LogP) is 13.1. The molecule has 1 atom stereocenters. The third-order valence-corrected chi connectivity index (χ3v) is 9.11. The summed E-state index contributed by atoms with van der Waals surface area (Å²) >= 11 is 0. The summed E-state index contributed by atoms with van der Waals surface area (Å²) in [6, 6.07) is 0. The van der Waals surface area contributed by atoms with E-state index in [-0.39, 0.29) is 12.1 Å². The van der Waals surface area contributed by atoms with Gasteiger partial charge in [0.1, 0.15) is 12.6 Å². The Morgan fingerprint density at radius 1 is 0.511 bits per heavy atom. The first-order chi connectivity index (χ1) is 22.9. The molecule has 47 heavy (non-hydrogen) atoms. The first-order valence-corrected chi connectivity index (χ1v) is 20.8. The lowest BCUT2D eigenvalue weighted by Gasteiger charge is -2.29. The van der Waals surface area contributed by atoms with Crippen LogP contribution in [0.5, 0.6) is 0 Å². The van der Waals surface area contributed by atoms with E-state index in [1.807, 2.05) is 0 Å². The molecule has 0 bridgehead atoms. The topological polar surface area (TPSA) is 35.5 Å². The standard InChI is InChI=1S/C43H84NO3/c1-6-8-10-12-14-16-18-20-22-24-26-28-30-32-34-36-39-46-42(41-44(3,4)5)38-40-47-43(45)37-35-33-31-29-27-25-23-21-19-17-15-13-11-9-7-2/h19-22,42H,6-18,23-41H2,1-5H3/q+1/b21-19-,22-20-. The van der Waals surface area contributed by atoms with Crippen LogP contribution in [0.2, 0.25) is 0 Å². The summed E-state index contributed by atoms with van der Waals surface area (Å²) in [7, 11) is 6.62. The van der Waals surface area contributed by atoms with Gasteiger partial charge in [0.05, 0.1) is 27.7 Å². The average Bonchev–Trinajstić information content (AvgIpc) is 3.03. The molecule has 0 saturated carbocycles. The van der Waals surface area contributed by atoms with E-state index in [1.165, 1.54) is 154 Å². The van der Waals surface area contributed by atoms with Gasteiger partial charge >= 0.3 is 5.97 Å². The largest absolute Gasteiger partial charge is 0.466 e. The van der Waals surface area contributed by atoms with Crippen molar-refractivity contribution in [3.8, 4) is 0 Å². The van der Waals surface area contributed by atoms with Crippen LogP contribution in [0.25, 0.3) is 0 Å². The fourth-order valence-corrected chi connectivity index (χ4v) is 6.15. The number of unbranched alkanes of at least 4 members (excludes halogenated alkanes) is 23. The molecule has 0 aliphatic heterocycles. The van der Waals surface area contributed by atoms with Crippen molar-refractivity contribution in [1.82, 2.24) is 0 Å². The van der Waals surface area contributed by atoms with Gasteiger partial charge < -0.3 is 14.0 Å². The van der Waals surface area contributed by atoms with Gasteiger partial charge in [-0.15, -0.1) is 0 Å². The minimum atomic E-state index is -0.0397. The number of hydrogen-bond acceptors (Lipinski definition) is 3. The van der Waals surface area contributed by atoms with Crippen molar-refractivity contribution in [3.63, 3.8) is 0 Å². The number of likely N-dealkylation sites (N-methyl/N-ethyl adjacent to an activating group) is 1. The number of rotatable bonds is 37. The highest BCUT2D eigenvalue weighted by Crippen LogP contribution is 2.13. The lowest BCUT2D eigenvalue weighted by atomic mass is 10.1. The molecular formula is C43H84NO3+. The molecule has 0 N–H and O–H groups in total. The van der Waals surface area contributed by atoms with Crippen LogP contribution < -0.4 is 0 Å². The third kappa shape index (κ3) is 39.2. The van der Waals surface area contributed by atoms with Gasteiger partial charge in [-0.1, -0.05) is 147 Å². The molecule has 0 aromatic rings. The van der Waals surface area contributed by atoms with Crippen molar-refractivity contribution in [2.45, 2.75) is 206 Å². The van der Waals surface area contributed by atoms with Crippen molar-refractivity contribution in [3.05, 3.63) is 24.3 Å². The van der Waals surface area contributed by atoms with Crippen molar-refractivity contribution >= 4 is 5.97 Å². The molecule has 0 aromatic heterocycles. The zero-order chi connectivity index (χ0) is 34.5. The molecular weight excluding hydrogens is 578 g/mol. The minimum absolute atomic E-state index is 0.0397. The highest BCUT2D eigenvalue weighted by Gasteiger charge is 2.19. The Kier molecular flexibility index (Phi) is 35.3. The molecule has 4 nitrogen and oxygen atoms in total. The number of nitrogens with zero attached hydrogens (tertiary/aromatic N) is 1. The van der Waals surface area contributed by atoms with Crippen LogP contribution in [0.3, 0.4) is 0 Å². The summed E-state index contributed by atoms with van der Waals surface area (Å²) < 4.78 is 12.8. The van der Waals surface area contributed by atoms with Gasteiger partial charge in [0.2, 0.25) is 0 Å². The molecule has 1 unspecified atom stereocenters. The van der Waals surface area contributed by atoms with E-state index in [0.29, 0.717) is 13.0 Å². The highest BCUT2D eigenvalue weighted by atomic mass is 16.5. The van der Waals surface area contributed by atoms with E-state index in [9.17, 15) is 4.79 Å². The van der Waals surface area contributed by atoms with Gasteiger partial charge in [0, 0.05) is 19.4 Å². The van der Waals surface area contributed by atoms with Crippen molar-refractivity contribution < 1.29 is 18.8 Å². The molecule has 278 valence electrons. The molecule has 0 rings (SSSR count). The molecule has 0 aliphatic rings. The summed E-state index contributed by atoms with van der Waals surface area (Å²) in [6.45, 7) is 6.79. The van der Waals surface area contributed by atoms with Crippen LogP contribution in [0.1, 0.15) is 200 Å². The number of carbonyl (C=O) groups excluding carboxylic acids is 1. The Bertz CT molecular complexity index is 696. The molecule has 0 aromatic carbocycles. The summed E-state index contributed by atoms with van der Waals surface area (Å²) in [4.78, 5) is 12.3. The van der Waals surface area contributed by atoms with Crippen LogP contribution in [-0.2, 0) is 14.3 Å². The van der Waals surface area contributed by atoms with Crippen LogP contribution in [-0.4, -0.2) is 57.5 Å². The average molecular weight is 663 g/mol.